The number of hydrogen-bond donors (Lipinski definition) is 1. The first-order chi connectivity index (χ1) is 29.0. The van der Waals surface area contributed by atoms with Gasteiger partial charge in [0.2, 0.25) is 0 Å². The van der Waals surface area contributed by atoms with Gasteiger partial charge in [0, 0.05) is 116 Å². The number of benzene rings is 7. The average molecular weight is 876 g/mol. The zero-order valence-electron chi connectivity index (χ0n) is 31.8. The van der Waals surface area contributed by atoms with Crippen LogP contribution < -0.4 is 10.1 Å². The van der Waals surface area contributed by atoms with Crippen molar-refractivity contribution in [2.75, 3.05) is 29.1 Å². The number of anilines is 1. The third-order valence-electron chi connectivity index (χ3n) is 10.6. The highest BCUT2D eigenvalue weighted by atomic mass is 32.2. The maximum absolute atomic E-state index is 11.9. The van der Waals surface area contributed by atoms with Gasteiger partial charge < -0.3 is 10.1 Å². The molecule has 9 heteroatoms. The van der Waals surface area contributed by atoms with Crippen molar-refractivity contribution >= 4 is 141 Å². The fourth-order valence-corrected chi connectivity index (χ4v) is 15.7. The third kappa shape index (κ3) is 7.76. The molecule has 0 saturated carbocycles. The molecule has 0 amide bonds. The van der Waals surface area contributed by atoms with Gasteiger partial charge in [-0.15, -0.1) is 69.3 Å². The Bertz CT molecular complexity index is 2880. The fraction of sp³-hybridized carbons (Fsp3) is 0.100. The van der Waals surface area contributed by atoms with Crippen molar-refractivity contribution < 1.29 is 9.53 Å². The Balaban J connectivity index is 1.04. The summed E-state index contributed by atoms with van der Waals surface area (Å²) in [7, 11) is 0. The number of fused-ring (bicyclic) bond motifs is 9. The van der Waals surface area contributed by atoms with Crippen LogP contribution in [0.4, 0.5) is 5.69 Å². The van der Waals surface area contributed by atoms with E-state index in [-0.39, 0.29) is 5.41 Å². The van der Waals surface area contributed by atoms with Crippen LogP contribution in [0.2, 0.25) is 0 Å². The molecular formula is C50H37NO2S6. The van der Waals surface area contributed by atoms with Gasteiger partial charge in [-0.05, 0) is 60.7 Å². The van der Waals surface area contributed by atoms with E-state index in [0.717, 1.165) is 29.5 Å². The van der Waals surface area contributed by atoms with Gasteiger partial charge in [-0.25, -0.2) is 4.79 Å². The summed E-state index contributed by atoms with van der Waals surface area (Å²) in [6.07, 6.45) is 1.19. The van der Waals surface area contributed by atoms with Crippen molar-refractivity contribution in [2.45, 2.75) is 14.7 Å². The Kier molecular flexibility index (Phi) is 10.9. The Morgan fingerprint density at radius 3 is 1.32 bits per heavy atom. The van der Waals surface area contributed by atoms with Crippen LogP contribution in [0.5, 0.6) is 5.75 Å². The van der Waals surface area contributed by atoms with Gasteiger partial charge in [0.1, 0.15) is 5.75 Å². The molecular weight excluding hydrogens is 839 g/mol. The van der Waals surface area contributed by atoms with E-state index >= 15 is 0 Å². The predicted molar refractivity (Wildman–Crippen MR) is 263 cm³/mol. The number of carbonyl (C=O) groups is 1. The van der Waals surface area contributed by atoms with Crippen molar-refractivity contribution in [2.24, 2.45) is 5.41 Å². The molecule has 7 aromatic carbocycles. The van der Waals surface area contributed by atoms with Crippen LogP contribution in [0.3, 0.4) is 0 Å². The molecule has 59 heavy (non-hydrogen) atoms. The summed E-state index contributed by atoms with van der Waals surface area (Å²) in [4.78, 5) is 15.9. The van der Waals surface area contributed by atoms with Gasteiger partial charge in [0.05, 0.1) is 0 Å². The standard InChI is InChI=1S/C50H37NO2S6/c1-2-46(52)53-33-26-24-32(25-27-33)51-28-50(29-54-43-21-9-15-37-34-12-3-6-18-40(34)57-47(37)43,30-55-44-22-10-16-38-35-13-4-7-19-41(35)58-48(38)44)31-56-45-23-11-17-39-36-14-5-8-20-42(36)59-49(39)45/h2-27,51H,1,28-31H2. The summed E-state index contributed by atoms with van der Waals surface area (Å²) in [5.41, 5.74) is 0.808. The highest BCUT2D eigenvalue weighted by molar-refractivity contribution is 8.01. The summed E-state index contributed by atoms with van der Waals surface area (Å²) < 4.78 is 13.4. The van der Waals surface area contributed by atoms with Crippen LogP contribution in [0, 0.1) is 5.41 Å². The number of thioether (sulfide) groups is 3. The first-order valence-electron chi connectivity index (χ1n) is 19.3. The summed E-state index contributed by atoms with van der Waals surface area (Å²) in [5, 5.41) is 11.8. The fourth-order valence-electron chi connectivity index (χ4n) is 7.56. The lowest BCUT2D eigenvalue weighted by Crippen LogP contribution is -2.37. The van der Waals surface area contributed by atoms with Crippen LogP contribution in [-0.2, 0) is 4.79 Å². The molecule has 0 aliphatic heterocycles. The molecule has 0 saturated heterocycles. The summed E-state index contributed by atoms with van der Waals surface area (Å²) in [6, 6.07) is 54.4. The van der Waals surface area contributed by atoms with Crippen molar-refractivity contribution in [1.29, 1.82) is 0 Å². The lowest BCUT2D eigenvalue weighted by atomic mass is 9.95. The highest BCUT2D eigenvalue weighted by Crippen LogP contribution is 2.47. The second-order valence-corrected chi connectivity index (χ2v) is 20.8. The minimum atomic E-state index is -0.466. The minimum Gasteiger partial charge on any atom is -0.423 e. The second-order valence-electron chi connectivity index (χ2n) is 14.6. The zero-order valence-corrected chi connectivity index (χ0v) is 36.7. The van der Waals surface area contributed by atoms with Crippen LogP contribution in [-0.4, -0.2) is 29.8 Å². The molecule has 0 atom stereocenters. The monoisotopic (exact) mass is 875 g/mol. The van der Waals surface area contributed by atoms with Gasteiger partial charge in [-0.2, -0.15) is 0 Å². The molecule has 10 rings (SSSR count). The lowest BCUT2D eigenvalue weighted by molar-refractivity contribution is -0.128. The van der Waals surface area contributed by atoms with Crippen LogP contribution >= 0.6 is 69.3 Å². The van der Waals surface area contributed by atoms with E-state index in [2.05, 4.69) is 139 Å². The van der Waals surface area contributed by atoms with Crippen molar-refractivity contribution in [3.05, 3.63) is 164 Å². The molecule has 0 aliphatic carbocycles. The van der Waals surface area contributed by atoms with Crippen molar-refractivity contribution in [3.8, 4) is 5.75 Å². The Morgan fingerprint density at radius 2 is 0.915 bits per heavy atom. The molecule has 3 aromatic heterocycles. The van der Waals surface area contributed by atoms with Crippen LogP contribution in [0.25, 0.3) is 60.5 Å². The quantitative estimate of drug-likeness (QED) is 0.0508. The number of ether oxygens (including phenoxy) is 1. The first-order valence-corrected chi connectivity index (χ1v) is 24.7. The van der Waals surface area contributed by atoms with E-state index in [0.29, 0.717) is 5.75 Å². The third-order valence-corrected chi connectivity index (χ3v) is 18.9. The van der Waals surface area contributed by atoms with Gasteiger partial charge in [-0.3, -0.25) is 0 Å². The number of rotatable bonds is 14. The van der Waals surface area contributed by atoms with E-state index in [9.17, 15) is 4.79 Å². The van der Waals surface area contributed by atoms with Crippen molar-refractivity contribution in [3.63, 3.8) is 0 Å². The molecule has 290 valence electrons. The SMILES string of the molecule is C=CC(=O)Oc1ccc(NCC(CSc2cccc3c2sc2ccccc23)(CSc2cccc3c2sc2ccccc23)CSc2cccc3c2sc2ccccc23)cc1. The molecule has 0 unspecified atom stereocenters. The lowest BCUT2D eigenvalue weighted by Gasteiger charge is -2.34. The second kappa shape index (κ2) is 16.7. The Labute approximate surface area is 367 Å². The summed E-state index contributed by atoms with van der Waals surface area (Å²) >= 11 is 11.7. The number of nitrogens with one attached hydrogen (secondary N) is 1. The maximum atomic E-state index is 11.9. The van der Waals surface area contributed by atoms with Crippen LogP contribution in [0.15, 0.2) is 179 Å². The van der Waals surface area contributed by atoms with E-state index < -0.39 is 5.97 Å². The predicted octanol–water partition coefficient (Wildman–Crippen LogP) is 15.7. The molecule has 3 heterocycles. The minimum absolute atomic E-state index is 0.176. The molecule has 10 aromatic rings. The molecule has 3 nitrogen and oxygen atoms in total. The first kappa shape index (κ1) is 38.5. The van der Waals surface area contributed by atoms with Crippen molar-refractivity contribution in [1.82, 2.24) is 0 Å². The Morgan fingerprint density at radius 1 is 0.525 bits per heavy atom. The van der Waals surface area contributed by atoms with E-state index in [1.807, 2.05) is 93.6 Å². The Hall–Kier alpha value is -4.74. The highest BCUT2D eigenvalue weighted by Gasteiger charge is 2.33. The molecule has 0 radical (unpaired) electrons. The maximum Gasteiger partial charge on any atom is 0.335 e. The summed E-state index contributed by atoms with van der Waals surface area (Å²) in [6.45, 7) is 4.29. The van der Waals surface area contributed by atoms with E-state index in [1.54, 1.807) is 0 Å². The summed E-state index contributed by atoms with van der Waals surface area (Å²) in [5.74, 6) is 2.76. The molecule has 1 N–H and O–H groups in total. The molecule has 0 bridgehead atoms. The van der Waals surface area contributed by atoms with E-state index in [1.165, 1.54) is 81.3 Å². The molecule has 0 aliphatic rings. The van der Waals surface area contributed by atoms with Gasteiger partial charge in [-0.1, -0.05) is 97.6 Å². The van der Waals surface area contributed by atoms with Gasteiger partial charge >= 0.3 is 5.97 Å². The van der Waals surface area contributed by atoms with E-state index in [4.69, 9.17) is 4.74 Å². The average Bonchev–Trinajstić information content (AvgIpc) is 3.99. The number of thiophene rings is 3. The molecule has 0 fully saturated rings. The van der Waals surface area contributed by atoms with Gasteiger partial charge in [0.25, 0.3) is 0 Å². The number of hydrogen-bond acceptors (Lipinski definition) is 9. The normalized spacial score (nSPS) is 12.0. The zero-order chi connectivity index (χ0) is 39.8. The molecule has 0 spiro atoms. The smallest absolute Gasteiger partial charge is 0.335 e. The van der Waals surface area contributed by atoms with Crippen LogP contribution in [0.1, 0.15) is 0 Å². The number of carbonyl (C=O) groups excluding carboxylic acids is 1. The van der Waals surface area contributed by atoms with Gasteiger partial charge in [0.15, 0.2) is 0 Å². The largest absolute Gasteiger partial charge is 0.423 e. The number of esters is 1. The topological polar surface area (TPSA) is 38.3 Å².